The summed E-state index contributed by atoms with van der Waals surface area (Å²) < 4.78 is 0. The number of nitrogens with one attached hydrogen (secondary N) is 3. The van der Waals surface area contributed by atoms with Crippen molar-refractivity contribution >= 4 is 52.1 Å². The van der Waals surface area contributed by atoms with Gasteiger partial charge in [-0.1, -0.05) is 29.8 Å². The number of thiocarbonyl (C=S) groups is 1. The molecule has 1 unspecified atom stereocenters. The number of carbonyl (C=O) groups excluding carboxylic acids is 1. The number of carbonyl (C=O) groups is 1. The summed E-state index contributed by atoms with van der Waals surface area (Å²) in [6, 6.07) is 21.9. The maximum absolute atomic E-state index is 12.6. The van der Waals surface area contributed by atoms with Crippen LogP contribution in [0, 0.1) is 20.8 Å². The van der Waals surface area contributed by atoms with Gasteiger partial charge in [-0.25, -0.2) is 0 Å². The molecule has 0 fully saturated rings. The lowest BCUT2D eigenvalue weighted by Crippen LogP contribution is -2.22. The van der Waals surface area contributed by atoms with E-state index in [0.717, 1.165) is 27.5 Å². The van der Waals surface area contributed by atoms with E-state index in [1.165, 1.54) is 22.9 Å². The molecule has 1 atom stereocenters. The number of hydrogen-bond acceptors (Lipinski definition) is 3. The van der Waals surface area contributed by atoms with Crippen molar-refractivity contribution in [2.45, 2.75) is 37.8 Å². The van der Waals surface area contributed by atoms with Crippen molar-refractivity contribution in [1.82, 2.24) is 0 Å². The second kappa shape index (κ2) is 10.5. The van der Waals surface area contributed by atoms with Crippen LogP contribution in [-0.4, -0.2) is 16.3 Å². The van der Waals surface area contributed by atoms with E-state index in [-0.39, 0.29) is 11.2 Å². The molecule has 160 valence electrons. The standard InChI is InChI=1S/C25H27N3OS2/c1-16-8-11-20(12-9-16)27-25(30)28-21-6-5-7-23(15-21)31-19(4)24(29)26-22-13-10-17(2)18(3)14-22/h5-15,19H,1-4H3,(H,26,29)(H2,27,28,30). The van der Waals surface area contributed by atoms with E-state index in [0.29, 0.717) is 5.11 Å². The third-order valence-electron chi connectivity index (χ3n) is 4.86. The van der Waals surface area contributed by atoms with Crippen molar-refractivity contribution in [2.24, 2.45) is 0 Å². The first-order valence-electron chi connectivity index (χ1n) is 10.1. The second-order valence-electron chi connectivity index (χ2n) is 7.52. The van der Waals surface area contributed by atoms with Crippen LogP contribution in [0.1, 0.15) is 23.6 Å². The van der Waals surface area contributed by atoms with Gasteiger partial charge in [0.05, 0.1) is 5.25 Å². The number of amides is 1. The number of thioether (sulfide) groups is 1. The summed E-state index contributed by atoms with van der Waals surface area (Å²) in [5, 5.41) is 9.67. The van der Waals surface area contributed by atoms with E-state index in [1.807, 2.05) is 87.5 Å². The Morgan fingerprint density at radius 3 is 2.16 bits per heavy atom. The lowest BCUT2D eigenvalue weighted by Gasteiger charge is -2.14. The Hall–Kier alpha value is -2.83. The molecule has 0 aliphatic carbocycles. The molecule has 0 radical (unpaired) electrons. The molecule has 0 aliphatic rings. The quantitative estimate of drug-likeness (QED) is 0.295. The Bertz CT molecular complexity index is 1080. The molecule has 0 saturated carbocycles. The van der Waals surface area contributed by atoms with Crippen LogP contribution in [0.5, 0.6) is 0 Å². The smallest absolute Gasteiger partial charge is 0.237 e. The molecule has 31 heavy (non-hydrogen) atoms. The van der Waals surface area contributed by atoms with Gasteiger partial charge < -0.3 is 16.0 Å². The van der Waals surface area contributed by atoms with Crippen LogP contribution < -0.4 is 16.0 Å². The van der Waals surface area contributed by atoms with Gasteiger partial charge in [0, 0.05) is 22.0 Å². The van der Waals surface area contributed by atoms with Gasteiger partial charge in [-0.3, -0.25) is 4.79 Å². The van der Waals surface area contributed by atoms with Crippen LogP contribution in [0.15, 0.2) is 71.6 Å². The zero-order chi connectivity index (χ0) is 22.4. The summed E-state index contributed by atoms with van der Waals surface area (Å²) in [7, 11) is 0. The first-order chi connectivity index (χ1) is 14.8. The van der Waals surface area contributed by atoms with Crippen LogP contribution >= 0.6 is 24.0 Å². The second-order valence-corrected chi connectivity index (χ2v) is 9.34. The minimum absolute atomic E-state index is 0.0248. The lowest BCUT2D eigenvalue weighted by atomic mass is 10.1. The van der Waals surface area contributed by atoms with Gasteiger partial charge in [0.1, 0.15) is 0 Å². The van der Waals surface area contributed by atoms with E-state index in [4.69, 9.17) is 12.2 Å². The fourth-order valence-electron chi connectivity index (χ4n) is 2.90. The Labute approximate surface area is 193 Å². The molecule has 3 N–H and O–H groups in total. The maximum atomic E-state index is 12.6. The largest absolute Gasteiger partial charge is 0.332 e. The van der Waals surface area contributed by atoms with E-state index in [1.54, 1.807) is 0 Å². The maximum Gasteiger partial charge on any atom is 0.237 e. The molecule has 3 aromatic rings. The molecule has 3 rings (SSSR count). The van der Waals surface area contributed by atoms with Gasteiger partial charge in [0.15, 0.2) is 5.11 Å². The third kappa shape index (κ3) is 6.84. The van der Waals surface area contributed by atoms with E-state index in [9.17, 15) is 4.79 Å². The molecular formula is C25H27N3OS2. The van der Waals surface area contributed by atoms with Gasteiger partial charge >= 0.3 is 0 Å². The lowest BCUT2D eigenvalue weighted by molar-refractivity contribution is -0.115. The Morgan fingerprint density at radius 1 is 0.806 bits per heavy atom. The summed E-state index contributed by atoms with van der Waals surface area (Å²) in [5.74, 6) is -0.0248. The number of benzene rings is 3. The van der Waals surface area contributed by atoms with Gasteiger partial charge in [0.2, 0.25) is 5.91 Å². The highest BCUT2D eigenvalue weighted by molar-refractivity contribution is 8.00. The first-order valence-corrected chi connectivity index (χ1v) is 11.4. The topological polar surface area (TPSA) is 53.2 Å². The van der Waals surface area contributed by atoms with Crippen molar-refractivity contribution in [2.75, 3.05) is 16.0 Å². The van der Waals surface area contributed by atoms with Crippen molar-refractivity contribution < 1.29 is 4.79 Å². The fraction of sp³-hybridized carbons (Fsp3) is 0.200. The van der Waals surface area contributed by atoms with E-state index >= 15 is 0 Å². The zero-order valence-electron chi connectivity index (χ0n) is 18.2. The minimum atomic E-state index is -0.241. The number of rotatable bonds is 6. The minimum Gasteiger partial charge on any atom is -0.332 e. The Balaban J connectivity index is 1.57. The third-order valence-corrected chi connectivity index (χ3v) is 6.16. The highest BCUT2D eigenvalue weighted by Gasteiger charge is 2.15. The molecule has 3 aromatic carbocycles. The van der Waals surface area contributed by atoms with Crippen molar-refractivity contribution in [3.05, 3.63) is 83.4 Å². The molecular weight excluding hydrogens is 422 g/mol. The average molecular weight is 450 g/mol. The van der Waals surface area contributed by atoms with Gasteiger partial charge in [-0.15, -0.1) is 11.8 Å². The summed E-state index contributed by atoms with van der Waals surface area (Å²) in [6.45, 7) is 8.06. The summed E-state index contributed by atoms with van der Waals surface area (Å²) in [5.41, 5.74) is 6.20. The van der Waals surface area contributed by atoms with Crippen LogP contribution in [0.25, 0.3) is 0 Å². The molecule has 6 heteroatoms. The normalized spacial score (nSPS) is 11.5. The van der Waals surface area contributed by atoms with Crippen LogP contribution in [0.4, 0.5) is 17.1 Å². The molecule has 0 aromatic heterocycles. The predicted octanol–water partition coefficient (Wildman–Crippen LogP) is 6.54. The van der Waals surface area contributed by atoms with E-state index < -0.39 is 0 Å². The molecule has 0 spiro atoms. The molecule has 1 amide bonds. The highest BCUT2D eigenvalue weighted by Crippen LogP contribution is 2.27. The summed E-state index contributed by atoms with van der Waals surface area (Å²) >= 11 is 6.93. The predicted molar refractivity (Wildman–Crippen MR) is 137 cm³/mol. The number of anilines is 3. The van der Waals surface area contributed by atoms with Gasteiger partial charge in [-0.05, 0) is 93.5 Å². The average Bonchev–Trinajstić information content (AvgIpc) is 2.72. The summed E-state index contributed by atoms with van der Waals surface area (Å²) in [6.07, 6.45) is 0. The molecule has 0 bridgehead atoms. The van der Waals surface area contributed by atoms with Crippen molar-refractivity contribution in [1.29, 1.82) is 0 Å². The Kier molecular flexibility index (Phi) is 7.71. The number of aryl methyl sites for hydroxylation is 3. The monoisotopic (exact) mass is 449 g/mol. The van der Waals surface area contributed by atoms with Crippen LogP contribution in [-0.2, 0) is 4.79 Å². The molecule has 0 saturated heterocycles. The van der Waals surface area contributed by atoms with Gasteiger partial charge in [0.25, 0.3) is 0 Å². The highest BCUT2D eigenvalue weighted by atomic mass is 32.2. The van der Waals surface area contributed by atoms with Gasteiger partial charge in [-0.2, -0.15) is 0 Å². The Morgan fingerprint density at radius 2 is 1.45 bits per heavy atom. The van der Waals surface area contributed by atoms with Crippen molar-refractivity contribution in [3.63, 3.8) is 0 Å². The summed E-state index contributed by atoms with van der Waals surface area (Å²) in [4.78, 5) is 13.6. The van der Waals surface area contributed by atoms with E-state index in [2.05, 4.69) is 22.9 Å². The first kappa shape index (κ1) is 22.8. The number of hydrogen-bond donors (Lipinski definition) is 3. The zero-order valence-corrected chi connectivity index (χ0v) is 19.8. The fourth-order valence-corrected chi connectivity index (χ4v) is 4.06. The van der Waals surface area contributed by atoms with Crippen LogP contribution in [0.3, 0.4) is 0 Å². The molecule has 0 heterocycles. The SMILES string of the molecule is Cc1ccc(NC(=S)Nc2cccc(SC(C)C(=O)Nc3ccc(C)c(C)c3)c2)cc1. The van der Waals surface area contributed by atoms with Crippen molar-refractivity contribution in [3.8, 4) is 0 Å². The molecule has 0 aliphatic heterocycles. The molecule has 4 nitrogen and oxygen atoms in total. The van der Waals surface area contributed by atoms with Crippen LogP contribution in [0.2, 0.25) is 0 Å².